The Morgan fingerprint density at radius 3 is 2.36 bits per heavy atom. The van der Waals surface area contributed by atoms with Gasteiger partial charge in [0.2, 0.25) is 11.5 Å². The predicted molar refractivity (Wildman–Crippen MR) is 147 cm³/mol. The molecule has 1 amide bonds. The minimum absolute atomic E-state index is 0.0807. The van der Waals surface area contributed by atoms with Crippen molar-refractivity contribution in [1.29, 1.82) is 0 Å². The van der Waals surface area contributed by atoms with Gasteiger partial charge >= 0.3 is 6.18 Å². The van der Waals surface area contributed by atoms with Gasteiger partial charge in [-0.3, -0.25) is 14.5 Å². The lowest BCUT2D eigenvalue weighted by Crippen LogP contribution is -2.52. The van der Waals surface area contributed by atoms with E-state index in [1.54, 1.807) is 0 Å². The molecule has 2 N–H and O–H groups in total. The zero-order valence-corrected chi connectivity index (χ0v) is 22.7. The molecule has 10 nitrogen and oxygen atoms in total. The zero-order chi connectivity index (χ0) is 29.6. The van der Waals surface area contributed by atoms with Crippen molar-refractivity contribution in [3.8, 4) is 11.1 Å². The Morgan fingerprint density at radius 2 is 1.71 bits per heavy atom. The SMILES string of the molecule is CN1C2CCC1CN(c1cc(F)c(-c3cnc(N4CCOCC4)nc3)cc1NC(=O)c1c[nH]c(=O)cc1C(F)(F)F)C2. The molecule has 1 aromatic carbocycles. The fourth-order valence-corrected chi connectivity index (χ4v) is 5.93. The van der Waals surface area contributed by atoms with Crippen LogP contribution in [0.3, 0.4) is 0 Å². The predicted octanol–water partition coefficient (Wildman–Crippen LogP) is 3.36. The number of anilines is 3. The standard InChI is InChI=1S/C28H29F4N7O3/c1-37-17-2-3-18(37)15-39(14-17)24-10-22(29)19(16-11-34-27(35-12-16)38-4-6-42-7-5-38)8-23(24)36-26(41)20-13-33-25(40)9-21(20)28(30,31)32/h8-13,17-18H,2-7,14-15H2,1H3,(H,33,40)(H,36,41). The maximum Gasteiger partial charge on any atom is 0.417 e. The fourth-order valence-electron chi connectivity index (χ4n) is 5.93. The minimum Gasteiger partial charge on any atom is -0.378 e. The molecule has 3 aliphatic heterocycles. The summed E-state index contributed by atoms with van der Waals surface area (Å²) in [6.45, 7) is 3.47. The van der Waals surface area contributed by atoms with Gasteiger partial charge in [-0.2, -0.15) is 13.2 Å². The number of rotatable bonds is 5. The molecule has 2 bridgehead atoms. The molecule has 0 spiro atoms. The van der Waals surface area contributed by atoms with Gasteiger partial charge in [0.15, 0.2) is 0 Å². The van der Waals surface area contributed by atoms with E-state index >= 15 is 4.39 Å². The Bertz CT molecular complexity index is 1530. The van der Waals surface area contributed by atoms with Crippen molar-refractivity contribution in [2.75, 3.05) is 61.6 Å². The average molecular weight is 588 g/mol. The Labute approximate surface area is 238 Å². The van der Waals surface area contributed by atoms with Gasteiger partial charge < -0.3 is 24.8 Å². The second-order valence-electron chi connectivity index (χ2n) is 10.8. The summed E-state index contributed by atoms with van der Waals surface area (Å²) in [4.78, 5) is 42.0. The number of aromatic nitrogens is 3. The molecule has 0 saturated carbocycles. The molecular formula is C28H29F4N7O3. The van der Waals surface area contributed by atoms with Gasteiger partial charge in [0.25, 0.3) is 5.91 Å². The van der Waals surface area contributed by atoms with E-state index in [1.165, 1.54) is 24.5 Å². The second kappa shape index (κ2) is 11.0. The third kappa shape index (κ3) is 5.43. The highest BCUT2D eigenvalue weighted by Gasteiger charge is 2.39. The summed E-state index contributed by atoms with van der Waals surface area (Å²) in [5.74, 6) is -1.20. The Balaban J connectivity index is 1.38. The van der Waals surface area contributed by atoms with Crippen molar-refractivity contribution in [3.63, 3.8) is 0 Å². The van der Waals surface area contributed by atoms with Crippen molar-refractivity contribution in [3.05, 3.63) is 64.1 Å². The number of nitrogens with one attached hydrogen (secondary N) is 2. The third-order valence-electron chi connectivity index (χ3n) is 8.24. The summed E-state index contributed by atoms with van der Waals surface area (Å²) in [6, 6.07) is 3.49. The number of hydrogen-bond acceptors (Lipinski definition) is 8. The number of alkyl halides is 3. The van der Waals surface area contributed by atoms with Crippen LogP contribution in [0.5, 0.6) is 0 Å². The molecule has 3 aromatic rings. The lowest BCUT2D eigenvalue weighted by atomic mass is 10.0. The number of fused-ring (bicyclic) bond motifs is 2. The number of carbonyl (C=O) groups is 1. The van der Waals surface area contributed by atoms with E-state index in [9.17, 15) is 22.8 Å². The summed E-state index contributed by atoms with van der Waals surface area (Å²) < 4.78 is 62.2. The van der Waals surface area contributed by atoms with Crippen LogP contribution in [-0.2, 0) is 10.9 Å². The number of amides is 1. The second-order valence-corrected chi connectivity index (χ2v) is 10.8. The lowest BCUT2D eigenvalue weighted by Gasteiger charge is -2.41. The summed E-state index contributed by atoms with van der Waals surface area (Å²) in [5, 5.41) is 2.57. The van der Waals surface area contributed by atoms with Gasteiger partial charge in [0.1, 0.15) is 5.82 Å². The zero-order valence-electron chi connectivity index (χ0n) is 22.7. The van der Waals surface area contributed by atoms with Crippen molar-refractivity contribution in [2.45, 2.75) is 31.1 Å². The first kappa shape index (κ1) is 28.1. The average Bonchev–Trinajstić information content (AvgIpc) is 3.16. The van der Waals surface area contributed by atoms with Crippen LogP contribution in [0.2, 0.25) is 0 Å². The highest BCUT2D eigenvalue weighted by atomic mass is 19.4. The van der Waals surface area contributed by atoms with Crippen LogP contribution < -0.4 is 20.7 Å². The van der Waals surface area contributed by atoms with E-state index in [-0.39, 0.29) is 23.3 Å². The fraction of sp³-hybridized carbons (Fsp3) is 0.429. The van der Waals surface area contributed by atoms with E-state index in [0.717, 1.165) is 19.0 Å². The highest BCUT2D eigenvalue weighted by Crippen LogP contribution is 2.39. The maximum absolute atomic E-state index is 15.7. The number of aromatic amines is 1. The van der Waals surface area contributed by atoms with Crippen LogP contribution in [0.15, 0.2) is 41.6 Å². The molecule has 42 heavy (non-hydrogen) atoms. The van der Waals surface area contributed by atoms with Crippen LogP contribution in [0.25, 0.3) is 11.1 Å². The molecule has 2 aromatic heterocycles. The van der Waals surface area contributed by atoms with Gasteiger partial charge in [0, 0.05) is 74.0 Å². The van der Waals surface area contributed by atoms with Crippen molar-refractivity contribution < 1.29 is 27.1 Å². The summed E-state index contributed by atoms with van der Waals surface area (Å²) in [6.07, 6.45) is 0.688. The molecule has 2 unspecified atom stereocenters. The van der Waals surface area contributed by atoms with Gasteiger partial charge in [-0.05, 0) is 32.0 Å². The molecule has 5 heterocycles. The number of morpholine rings is 1. The molecule has 0 radical (unpaired) electrons. The van der Waals surface area contributed by atoms with Crippen LogP contribution in [0, 0.1) is 5.82 Å². The van der Waals surface area contributed by atoms with Crippen molar-refractivity contribution in [1.82, 2.24) is 19.9 Å². The monoisotopic (exact) mass is 587 g/mol. The third-order valence-corrected chi connectivity index (χ3v) is 8.24. The first-order chi connectivity index (χ1) is 20.1. The number of H-pyrrole nitrogens is 1. The largest absolute Gasteiger partial charge is 0.417 e. The van der Waals surface area contributed by atoms with Crippen molar-refractivity contribution in [2.24, 2.45) is 0 Å². The molecule has 3 saturated heterocycles. The number of pyridine rings is 1. The summed E-state index contributed by atoms with van der Waals surface area (Å²) >= 11 is 0. The number of benzene rings is 1. The van der Waals surface area contributed by atoms with Gasteiger partial charge in [-0.1, -0.05) is 0 Å². The van der Waals surface area contributed by atoms with Gasteiger partial charge in [-0.25, -0.2) is 14.4 Å². The van der Waals surface area contributed by atoms with Gasteiger partial charge in [0.05, 0.1) is 35.7 Å². The highest BCUT2D eigenvalue weighted by molar-refractivity contribution is 6.07. The van der Waals surface area contributed by atoms with Crippen LogP contribution >= 0.6 is 0 Å². The number of halogens is 4. The number of carbonyl (C=O) groups excluding carboxylic acids is 1. The first-order valence-electron chi connectivity index (χ1n) is 13.7. The lowest BCUT2D eigenvalue weighted by molar-refractivity contribution is -0.138. The quantitative estimate of drug-likeness (QED) is 0.438. The number of nitrogens with zero attached hydrogens (tertiary/aromatic N) is 5. The molecule has 3 fully saturated rings. The van der Waals surface area contributed by atoms with Crippen LogP contribution in [0.4, 0.5) is 34.9 Å². The van der Waals surface area contributed by atoms with E-state index < -0.39 is 34.6 Å². The molecule has 2 atom stereocenters. The minimum atomic E-state index is -4.94. The summed E-state index contributed by atoms with van der Waals surface area (Å²) in [5.41, 5.74) is -2.19. The van der Waals surface area contributed by atoms with E-state index in [2.05, 4.69) is 25.2 Å². The van der Waals surface area contributed by atoms with Crippen LogP contribution in [0.1, 0.15) is 28.8 Å². The van der Waals surface area contributed by atoms with Crippen molar-refractivity contribution >= 4 is 23.2 Å². The van der Waals surface area contributed by atoms with E-state index in [0.29, 0.717) is 62.7 Å². The maximum atomic E-state index is 15.7. The smallest absolute Gasteiger partial charge is 0.378 e. The molecule has 6 rings (SSSR count). The van der Waals surface area contributed by atoms with E-state index in [4.69, 9.17) is 4.74 Å². The van der Waals surface area contributed by atoms with Crippen LogP contribution in [-0.4, -0.2) is 84.3 Å². The van der Waals surface area contributed by atoms with E-state index in [1.807, 2.05) is 16.8 Å². The topological polar surface area (TPSA) is 107 Å². The Morgan fingerprint density at radius 1 is 1.05 bits per heavy atom. The Hall–Kier alpha value is -4.04. The number of piperazine rings is 1. The molecule has 14 heteroatoms. The Kier molecular flexibility index (Phi) is 7.35. The molecule has 3 aliphatic rings. The van der Waals surface area contributed by atoms with Gasteiger partial charge in [-0.15, -0.1) is 0 Å². The first-order valence-corrected chi connectivity index (χ1v) is 13.7. The number of likely N-dealkylation sites (N-methyl/N-ethyl adjacent to an activating group) is 1. The normalized spacial score (nSPS) is 21.1. The molecular weight excluding hydrogens is 558 g/mol. The molecule has 222 valence electrons. The molecule has 0 aliphatic carbocycles. The summed E-state index contributed by atoms with van der Waals surface area (Å²) in [7, 11) is 2.04. The number of hydrogen-bond donors (Lipinski definition) is 2. The number of ether oxygens (including phenoxy) is 1.